The van der Waals surface area contributed by atoms with Gasteiger partial charge in [-0.3, -0.25) is 4.79 Å². The third-order valence-corrected chi connectivity index (χ3v) is 8.36. The highest BCUT2D eigenvalue weighted by atomic mass is 32.2. The lowest BCUT2D eigenvalue weighted by Gasteiger charge is -2.36. The summed E-state index contributed by atoms with van der Waals surface area (Å²) in [6, 6.07) is 11.1. The highest BCUT2D eigenvalue weighted by Gasteiger charge is 2.39. The Balaban J connectivity index is 1.20. The van der Waals surface area contributed by atoms with Gasteiger partial charge in [-0.15, -0.1) is 0 Å². The molecule has 0 radical (unpaired) electrons. The number of carbonyl (C=O) groups is 1. The quantitative estimate of drug-likeness (QED) is 0.478. The van der Waals surface area contributed by atoms with Crippen molar-refractivity contribution in [1.82, 2.24) is 14.3 Å². The van der Waals surface area contributed by atoms with E-state index >= 15 is 0 Å². The number of hydrogen-bond acceptors (Lipinski definition) is 8. The van der Waals surface area contributed by atoms with Crippen molar-refractivity contribution in [3.05, 3.63) is 54.1 Å². The van der Waals surface area contributed by atoms with Crippen molar-refractivity contribution in [2.45, 2.75) is 36.3 Å². The number of nitrogens with zero attached hydrogens (tertiary/aromatic N) is 4. The van der Waals surface area contributed by atoms with Crippen LogP contribution in [0.5, 0.6) is 5.75 Å². The van der Waals surface area contributed by atoms with E-state index in [4.69, 9.17) is 4.74 Å². The van der Waals surface area contributed by atoms with Crippen molar-refractivity contribution < 1.29 is 26.7 Å². The molecular formula is C24H24F2N4O4S2. The number of hydrogen-bond donors (Lipinski definition) is 0. The molecule has 1 amide bonds. The lowest BCUT2D eigenvalue weighted by molar-refractivity contribution is -0.135. The molecule has 0 aliphatic carbocycles. The summed E-state index contributed by atoms with van der Waals surface area (Å²) < 4.78 is 61.8. The monoisotopic (exact) mass is 534 g/mol. The molecule has 0 spiro atoms. The van der Waals surface area contributed by atoms with Crippen molar-refractivity contribution in [1.29, 1.82) is 0 Å². The van der Waals surface area contributed by atoms with Gasteiger partial charge in [-0.25, -0.2) is 17.2 Å². The van der Waals surface area contributed by atoms with Crippen molar-refractivity contribution in [2.75, 3.05) is 30.8 Å². The highest BCUT2D eigenvalue weighted by molar-refractivity contribution is 7.90. The summed E-state index contributed by atoms with van der Waals surface area (Å²) in [7, 11) is -3.93. The molecule has 0 bridgehead atoms. The van der Waals surface area contributed by atoms with Gasteiger partial charge < -0.3 is 14.5 Å². The number of rotatable bonds is 6. The summed E-state index contributed by atoms with van der Waals surface area (Å²) in [6.07, 6.45) is 1.67. The summed E-state index contributed by atoms with van der Waals surface area (Å²) in [5, 5.41) is 0.844. The number of halogens is 2. The minimum atomic E-state index is -3.93. The molecule has 3 heterocycles. The third-order valence-electron chi connectivity index (χ3n) is 6.47. The fourth-order valence-electron chi connectivity index (χ4n) is 4.60. The maximum absolute atomic E-state index is 14.4. The first-order chi connectivity index (χ1) is 17.2. The van der Waals surface area contributed by atoms with Crippen molar-refractivity contribution in [2.24, 2.45) is 0 Å². The molecular weight excluding hydrogens is 510 g/mol. The topological polar surface area (TPSA) is 92.7 Å². The molecule has 1 atom stereocenters. The summed E-state index contributed by atoms with van der Waals surface area (Å²) in [5.74, 6) is -2.19. The van der Waals surface area contributed by atoms with E-state index in [9.17, 15) is 22.0 Å². The largest absolute Gasteiger partial charge is 0.477 e. The van der Waals surface area contributed by atoms with E-state index in [1.807, 2.05) is 30.3 Å². The van der Waals surface area contributed by atoms with Crippen LogP contribution in [0.3, 0.4) is 0 Å². The van der Waals surface area contributed by atoms with Gasteiger partial charge in [0.2, 0.25) is 5.13 Å². The van der Waals surface area contributed by atoms with E-state index in [0.29, 0.717) is 30.9 Å². The Morgan fingerprint density at radius 3 is 2.44 bits per heavy atom. The van der Waals surface area contributed by atoms with E-state index in [0.717, 1.165) is 42.9 Å². The zero-order chi connectivity index (χ0) is 25.4. The fourth-order valence-corrected chi connectivity index (χ4v) is 6.07. The molecule has 1 aromatic heterocycles. The minimum absolute atomic E-state index is 0.0121. The standard InChI is InChI=1S/C24H24F2N4O4S2/c1-36(32,33)21-14-17(25)20(13-18(21)26)34-19-9-12-30(23(19)31)16-7-10-29(11-8-16)24-27-22(28-35-24)15-5-3-2-4-6-15/h2-6,13-14,16,19H,7-12H2,1H3. The van der Waals surface area contributed by atoms with Gasteiger partial charge in [0.1, 0.15) is 10.7 Å². The molecule has 2 fully saturated rings. The van der Waals surface area contributed by atoms with Crippen LogP contribution in [0.25, 0.3) is 11.4 Å². The molecule has 0 N–H and O–H groups in total. The van der Waals surface area contributed by atoms with Gasteiger partial charge in [0.15, 0.2) is 33.3 Å². The number of benzene rings is 2. The third kappa shape index (κ3) is 4.92. The molecule has 12 heteroatoms. The predicted molar refractivity (Wildman–Crippen MR) is 131 cm³/mol. The number of amides is 1. The van der Waals surface area contributed by atoms with Gasteiger partial charge >= 0.3 is 0 Å². The Kier molecular flexibility index (Phi) is 6.64. The molecule has 1 unspecified atom stereocenters. The van der Waals surface area contributed by atoms with Crippen LogP contribution in [0.1, 0.15) is 19.3 Å². The summed E-state index contributed by atoms with van der Waals surface area (Å²) in [5.41, 5.74) is 0.964. The number of anilines is 1. The molecule has 3 aromatic rings. The molecule has 190 valence electrons. The van der Waals surface area contributed by atoms with Crippen LogP contribution in [0, 0.1) is 11.6 Å². The van der Waals surface area contributed by atoms with Crippen LogP contribution < -0.4 is 9.64 Å². The number of piperidine rings is 1. The van der Waals surface area contributed by atoms with Crippen LogP contribution in [-0.4, -0.2) is 66.6 Å². The molecule has 2 aliphatic heterocycles. The van der Waals surface area contributed by atoms with E-state index in [1.54, 1.807) is 4.90 Å². The Labute approximate surface area is 211 Å². The van der Waals surface area contributed by atoms with Crippen LogP contribution >= 0.6 is 11.5 Å². The number of ether oxygens (including phenoxy) is 1. The van der Waals surface area contributed by atoms with Crippen LogP contribution in [0.15, 0.2) is 47.4 Å². The normalized spacial score (nSPS) is 19.2. The van der Waals surface area contributed by atoms with Gasteiger partial charge in [0.05, 0.1) is 0 Å². The first-order valence-electron chi connectivity index (χ1n) is 11.5. The Morgan fingerprint density at radius 1 is 1.03 bits per heavy atom. The van der Waals surface area contributed by atoms with E-state index in [2.05, 4.69) is 14.3 Å². The lowest BCUT2D eigenvalue weighted by atomic mass is 10.0. The van der Waals surface area contributed by atoms with E-state index in [1.165, 1.54) is 11.5 Å². The first kappa shape index (κ1) is 24.6. The van der Waals surface area contributed by atoms with Crippen molar-refractivity contribution in [3.8, 4) is 17.1 Å². The maximum Gasteiger partial charge on any atom is 0.263 e. The molecule has 5 rings (SSSR count). The number of sulfone groups is 1. The predicted octanol–water partition coefficient (Wildman–Crippen LogP) is 3.54. The van der Waals surface area contributed by atoms with Crippen LogP contribution in [0.4, 0.5) is 13.9 Å². The van der Waals surface area contributed by atoms with Gasteiger partial charge in [0.25, 0.3) is 5.91 Å². The van der Waals surface area contributed by atoms with E-state index in [-0.39, 0.29) is 11.9 Å². The molecule has 0 saturated carbocycles. The molecule has 2 aromatic carbocycles. The molecule has 2 saturated heterocycles. The molecule has 2 aliphatic rings. The SMILES string of the molecule is CS(=O)(=O)c1cc(F)c(OC2CCN(C3CCN(c4nc(-c5ccccc5)ns4)CC3)C2=O)cc1F. The number of carbonyl (C=O) groups excluding carboxylic acids is 1. The molecule has 36 heavy (non-hydrogen) atoms. The van der Waals surface area contributed by atoms with Crippen LogP contribution in [0.2, 0.25) is 0 Å². The highest BCUT2D eigenvalue weighted by Crippen LogP contribution is 2.31. The van der Waals surface area contributed by atoms with Gasteiger partial charge in [0, 0.05) is 61.5 Å². The first-order valence-corrected chi connectivity index (χ1v) is 14.2. The smallest absolute Gasteiger partial charge is 0.263 e. The van der Waals surface area contributed by atoms with Crippen molar-refractivity contribution in [3.63, 3.8) is 0 Å². The fraction of sp³-hybridized carbons (Fsp3) is 0.375. The zero-order valence-electron chi connectivity index (χ0n) is 19.4. The molecule has 8 nitrogen and oxygen atoms in total. The van der Waals surface area contributed by atoms with Gasteiger partial charge in [-0.2, -0.15) is 9.36 Å². The second-order valence-electron chi connectivity index (χ2n) is 8.90. The second kappa shape index (κ2) is 9.74. The zero-order valence-corrected chi connectivity index (χ0v) is 21.1. The van der Waals surface area contributed by atoms with E-state index < -0.39 is 38.2 Å². The Bertz CT molecular complexity index is 1380. The minimum Gasteiger partial charge on any atom is -0.477 e. The lowest BCUT2D eigenvalue weighted by Crippen LogP contribution is -2.47. The Morgan fingerprint density at radius 2 is 1.75 bits per heavy atom. The number of aromatic nitrogens is 2. The summed E-state index contributed by atoms with van der Waals surface area (Å²) >= 11 is 1.35. The average molecular weight is 535 g/mol. The maximum atomic E-state index is 14.4. The second-order valence-corrected chi connectivity index (χ2v) is 11.6. The van der Waals surface area contributed by atoms with Gasteiger partial charge in [-0.1, -0.05) is 30.3 Å². The van der Waals surface area contributed by atoms with Gasteiger partial charge in [-0.05, 0) is 18.9 Å². The summed E-state index contributed by atoms with van der Waals surface area (Å²) in [4.78, 5) is 20.8. The van der Waals surface area contributed by atoms with Crippen molar-refractivity contribution >= 4 is 32.4 Å². The Hall–Kier alpha value is -3.12. The number of likely N-dealkylation sites (tertiary alicyclic amines) is 1. The van der Waals surface area contributed by atoms with Crippen LogP contribution in [-0.2, 0) is 14.6 Å². The summed E-state index contributed by atoms with van der Waals surface area (Å²) in [6.45, 7) is 1.89. The average Bonchev–Trinajstić information content (AvgIpc) is 3.49.